The van der Waals surface area contributed by atoms with E-state index >= 15 is 0 Å². The third-order valence-electron chi connectivity index (χ3n) is 5.67. The molecule has 1 N–H and O–H groups in total. The molecule has 1 saturated heterocycles. The van der Waals surface area contributed by atoms with Gasteiger partial charge in [-0.25, -0.2) is 13.4 Å². The zero-order valence-electron chi connectivity index (χ0n) is 17.9. The van der Waals surface area contributed by atoms with Crippen LogP contribution in [0.3, 0.4) is 0 Å². The van der Waals surface area contributed by atoms with E-state index in [1.807, 2.05) is 36.9 Å². The molecule has 170 valence electrons. The van der Waals surface area contributed by atoms with Crippen LogP contribution >= 0.6 is 22.9 Å². The van der Waals surface area contributed by atoms with E-state index in [1.165, 1.54) is 15.6 Å². The van der Waals surface area contributed by atoms with Gasteiger partial charge in [0.05, 0.1) is 5.92 Å². The first-order valence-electron chi connectivity index (χ1n) is 10.4. The number of sulfonamides is 1. The standard InChI is InChI=1S/C22H25ClN4O3S2/c1-15-5-10-19(31-15)32(29,30)27-12-3-4-17(14-27)22(28)25-20(21-24-11-13-26(21)2)16-6-8-18(23)9-7-16/h5-11,13,17,20H,3-4,12,14H2,1-2H3,(H,25,28)/t17-,20+/m0/s1. The summed E-state index contributed by atoms with van der Waals surface area (Å²) >= 11 is 7.30. The van der Waals surface area contributed by atoms with Crippen LogP contribution in [0.1, 0.15) is 35.1 Å². The second-order valence-electron chi connectivity index (χ2n) is 7.96. The summed E-state index contributed by atoms with van der Waals surface area (Å²) in [5.74, 6) is 0.0693. The molecule has 3 aromatic rings. The molecule has 32 heavy (non-hydrogen) atoms. The van der Waals surface area contributed by atoms with Crippen molar-refractivity contribution >= 4 is 38.9 Å². The number of amides is 1. The molecule has 2 aromatic heterocycles. The molecule has 2 atom stereocenters. The van der Waals surface area contributed by atoms with Gasteiger partial charge in [0.15, 0.2) is 0 Å². The number of hydrogen-bond donors (Lipinski definition) is 1. The highest BCUT2D eigenvalue weighted by Crippen LogP contribution is 2.29. The number of benzene rings is 1. The summed E-state index contributed by atoms with van der Waals surface area (Å²) in [4.78, 5) is 18.6. The van der Waals surface area contributed by atoms with Crippen molar-refractivity contribution in [3.05, 3.63) is 70.1 Å². The Morgan fingerprint density at radius 2 is 2.00 bits per heavy atom. The highest BCUT2D eigenvalue weighted by molar-refractivity contribution is 7.91. The number of carbonyl (C=O) groups excluding carboxylic acids is 1. The molecule has 1 aliphatic heterocycles. The van der Waals surface area contributed by atoms with Gasteiger partial charge in [0.1, 0.15) is 16.1 Å². The van der Waals surface area contributed by atoms with Gasteiger partial charge in [-0.3, -0.25) is 4.79 Å². The zero-order chi connectivity index (χ0) is 22.9. The lowest BCUT2D eigenvalue weighted by Gasteiger charge is -2.32. The van der Waals surface area contributed by atoms with Crippen LogP contribution in [0.5, 0.6) is 0 Å². The Balaban J connectivity index is 1.54. The minimum atomic E-state index is -3.60. The van der Waals surface area contributed by atoms with Crippen LogP contribution in [-0.4, -0.2) is 41.3 Å². The van der Waals surface area contributed by atoms with Gasteiger partial charge in [-0.15, -0.1) is 11.3 Å². The number of piperidine rings is 1. The quantitative estimate of drug-likeness (QED) is 0.568. The van der Waals surface area contributed by atoms with Crippen LogP contribution in [0, 0.1) is 12.8 Å². The lowest BCUT2D eigenvalue weighted by atomic mass is 9.97. The minimum absolute atomic E-state index is 0.166. The van der Waals surface area contributed by atoms with Crippen molar-refractivity contribution in [2.45, 2.75) is 30.0 Å². The molecule has 1 aliphatic rings. The number of halogens is 1. The van der Waals surface area contributed by atoms with Crippen LogP contribution in [0.2, 0.25) is 5.02 Å². The molecule has 0 unspecified atom stereocenters. The summed E-state index contributed by atoms with van der Waals surface area (Å²) in [5.41, 5.74) is 0.853. The van der Waals surface area contributed by atoms with Crippen molar-refractivity contribution < 1.29 is 13.2 Å². The van der Waals surface area contributed by atoms with Gasteiger partial charge in [-0.2, -0.15) is 4.31 Å². The number of carbonyl (C=O) groups is 1. The fourth-order valence-electron chi connectivity index (χ4n) is 3.92. The van der Waals surface area contributed by atoms with Gasteiger partial charge in [0.25, 0.3) is 10.0 Å². The third kappa shape index (κ3) is 4.76. The van der Waals surface area contributed by atoms with E-state index in [4.69, 9.17) is 11.6 Å². The molecule has 0 bridgehead atoms. The molecule has 10 heteroatoms. The number of nitrogens with zero attached hydrogens (tertiary/aromatic N) is 3. The van der Waals surface area contributed by atoms with Crippen molar-refractivity contribution in [3.63, 3.8) is 0 Å². The molecule has 0 spiro atoms. The average molecular weight is 493 g/mol. The molecule has 3 heterocycles. The average Bonchev–Trinajstić information content (AvgIpc) is 3.41. The minimum Gasteiger partial charge on any atom is -0.342 e. The van der Waals surface area contributed by atoms with Gasteiger partial charge < -0.3 is 9.88 Å². The Kier molecular flexibility index (Phi) is 6.71. The molecular formula is C22H25ClN4O3S2. The molecule has 1 fully saturated rings. The van der Waals surface area contributed by atoms with Crippen molar-refractivity contribution in [1.29, 1.82) is 0 Å². The van der Waals surface area contributed by atoms with Crippen LogP contribution in [0.25, 0.3) is 0 Å². The number of aromatic nitrogens is 2. The van der Waals surface area contributed by atoms with Crippen molar-refractivity contribution in [3.8, 4) is 0 Å². The Hall–Kier alpha value is -2.20. The summed E-state index contributed by atoms with van der Waals surface area (Å²) in [6.07, 6.45) is 4.77. The van der Waals surface area contributed by atoms with Gasteiger partial charge in [0.2, 0.25) is 5.91 Å². The molecule has 1 amide bonds. The van der Waals surface area contributed by atoms with Crippen molar-refractivity contribution in [2.75, 3.05) is 13.1 Å². The first kappa shape index (κ1) is 23.0. The second-order valence-corrected chi connectivity index (χ2v) is 11.8. The fraction of sp³-hybridized carbons (Fsp3) is 0.364. The van der Waals surface area contributed by atoms with E-state index < -0.39 is 22.0 Å². The van der Waals surface area contributed by atoms with E-state index in [9.17, 15) is 13.2 Å². The third-order valence-corrected chi connectivity index (χ3v) is 9.26. The Morgan fingerprint density at radius 3 is 2.62 bits per heavy atom. The monoisotopic (exact) mass is 492 g/mol. The van der Waals surface area contributed by atoms with Crippen LogP contribution in [-0.2, 0) is 21.9 Å². The number of nitrogens with one attached hydrogen (secondary N) is 1. The molecule has 0 saturated carbocycles. The molecule has 1 aromatic carbocycles. The summed E-state index contributed by atoms with van der Waals surface area (Å²) < 4.78 is 29.7. The molecular weight excluding hydrogens is 468 g/mol. The SMILES string of the molecule is Cc1ccc(S(=O)(=O)N2CCC[C@H](C(=O)N[C@H](c3ccc(Cl)cc3)c3nccn3C)C2)s1. The lowest BCUT2D eigenvalue weighted by molar-refractivity contribution is -0.126. The molecule has 4 rings (SSSR count). The molecule has 0 radical (unpaired) electrons. The van der Waals surface area contributed by atoms with E-state index in [0.29, 0.717) is 34.4 Å². The summed E-state index contributed by atoms with van der Waals surface area (Å²) in [5, 5.41) is 3.70. The van der Waals surface area contributed by atoms with Crippen LogP contribution in [0.4, 0.5) is 0 Å². The first-order valence-corrected chi connectivity index (χ1v) is 13.0. The number of thiophene rings is 1. The number of rotatable bonds is 6. The topological polar surface area (TPSA) is 84.3 Å². The van der Waals surface area contributed by atoms with Gasteiger partial charge in [-0.05, 0) is 49.6 Å². The lowest BCUT2D eigenvalue weighted by Crippen LogP contribution is -2.46. The highest BCUT2D eigenvalue weighted by atomic mass is 35.5. The van der Waals surface area contributed by atoms with Gasteiger partial charge in [0, 0.05) is 42.4 Å². The van der Waals surface area contributed by atoms with Crippen molar-refractivity contribution in [1.82, 2.24) is 19.2 Å². The summed E-state index contributed by atoms with van der Waals surface area (Å²) in [6, 6.07) is 10.2. The van der Waals surface area contributed by atoms with E-state index in [-0.39, 0.29) is 12.5 Å². The first-order chi connectivity index (χ1) is 15.3. The second kappa shape index (κ2) is 9.35. The number of imidazole rings is 1. The van der Waals surface area contributed by atoms with E-state index in [2.05, 4.69) is 10.3 Å². The maximum absolute atomic E-state index is 13.3. The maximum atomic E-state index is 13.3. The Bertz CT molecular complexity index is 1200. The maximum Gasteiger partial charge on any atom is 0.252 e. The largest absolute Gasteiger partial charge is 0.342 e. The highest BCUT2D eigenvalue weighted by Gasteiger charge is 2.35. The number of aryl methyl sites for hydroxylation is 2. The zero-order valence-corrected chi connectivity index (χ0v) is 20.3. The Morgan fingerprint density at radius 1 is 1.25 bits per heavy atom. The predicted octanol–water partition coefficient (Wildman–Crippen LogP) is 3.75. The van der Waals surface area contributed by atoms with Crippen LogP contribution in [0.15, 0.2) is 53.0 Å². The molecule has 0 aliphatic carbocycles. The van der Waals surface area contributed by atoms with E-state index in [1.54, 1.807) is 30.5 Å². The molecule has 7 nitrogen and oxygen atoms in total. The Labute approximate surface area is 197 Å². The van der Waals surface area contributed by atoms with Gasteiger partial charge in [-0.1, -0.05) is 23.7 Å². The van der Waals surface area contributed by atoms with E-state index in [0.717, 1.165) is 10.4 Å². The van der Waals surface area contributed by atoms with Gasteiger partial charge >= 0.3 is 0 Å². The summed E-state index contributed by atoms with van der Waals surface area (Å²) in [6.45, 7) is 2.46. The fourth-order valence-corrected chi connectivity index (χ4v) is 7.01. The number of hydrogen-bond acceptors (Lipinski definition) is 5. The normalized spacial score (nSPS) is 18.4. The summed E-state index contributed by atoms with van der Waals surface area (Å²) in [7, 11) is -1.73. The van der Waals surface area contributed by atoms with Crippen molar-refractivity contribution in [2.24, 2.45) is 13.0 Å². The predicted molar refractivity (Wildman–Crippen MR) is 125 cm³/mol. The smallest absolute Gasteiger partial charge is 0.252 e. The van der Waals surface area contributed by atoms with Crippen LogP contribution < -0.4 is 5.32 Å².